The molecule has 0 bridgehead atoms. The molecule has 3 heterocycles. The number of nitrogens with zero attached hydrogens (tertiary/aromatic N) is 4. The highest BCUT2D eigenvalue weighted by molar-refractivity contribution is 7.99. The predicted octanol–water partition coefficient (Wildman–Crippen LogP) is 1.62. The molecule has 0 aliphatic heterocycles. The summed E-state index contributed by atoms with van der Waals surface area (Å²) in [5.74, 6) is 0. The molecule has 90 valence electrons. The normalized spacial score (nSPS) is 10.9. The third-order valence-electron chi connectivity index (χ3n) is 2.23. The summed E-state index contributed by atoms with van der Waals surface area (Å²) in [6, 6.07) is 5.58. The summed E-state index contributed by atoms with van der Waals surface area (Å²) in [5.41, 5.74) is 0.351. The summed E-state index contributed by atoms with van der Waals surface area (Å²) in [6.07, 6.45) is 3.14. The lowest BCUT2D eigenvalue weighted by Crippen LogP contribution is -2.07. The Morgan fingerprint density at radius 2 is 2.22 bits per heavy atom. The lowest BCUT2D eigenvalue weighted by Gasteiger charge is -2.00. The molecule has 0 fully saturated rings. The van der Waals surface area contributed by atoms with Crippen molar-refractivity contribution in [2.75, 3.05) is 0 Å². The van der Waals surface area contributed by atoms with Crippen LogP contribution >= 0.6 is 23.4 Å². The van der Waals surface area contributed by atoms with Gasteiger partial charge in [0.05, 0.1) is 6.33 Å². The molecule has 0 saturated heterocycles. The van der Waals surface area contributed by atoms with Crippen LogP contribution in [0.4, 0.5) is 0 Å². The van der Waals surface area contributed by atoms with Crippen molar-refractivity contribution in [1.29, 1.82) is 0 Å². The molecule has 6 nitrogen and oxygen atoms in total. The largest absolute Gasteiger partial charge is 0.312 e. The molecular weight excluding hydrogens is 274 g/mol. The minimum Gasteiger partial charge on any atom is -0.312 e. The Balaban J connectivity index is 2.07. The van der Waals surface area contributed by atoms with Crippen molar-refractivity contribution in [1.82, 2.24) is 24.6 Å². The summed E-state index contributed by atoms with van der Waals surface area (Å²) >= 11 is 7.07. The first kappa shape index (κ1) is 11.2. The summed E-state index contributed by atoms with van der Waals surface area (Å²) in [4.78, 5) is 17.8. The number of halogens is 1. The molecule has 0 spiro atoms. The Hall–Kier alpha value is -1.86. The molecule has 0 radical (unpaired) electrons. The zero-order valence-electron chi connectivity index (χ0n) is 8.87. The van der Waals surface area contributed by atoms with Gasteiger partial charge in [0.15, 0.2) is 5.65 Å². The third kappa shape index (κ3) is 1.87. The number of aromatic amines is 1. The summed E-state index contributed by atoms with van der Waals surface area (Å²) in [6.45, 7) is 0. The van der Waals surface area contributed by atoms with E-state index in [2.05, 4.69) is 20.2 Å². The molecule has 0 aliphatic rings. The van der Waals surface area contributed by atoms with Crippen LogP contribution in [0.1, 0.15) is 0 Å². The maximum absolute atomic E-state index is 11.3. The molecule has 0 atom stereocenters. The topological polar surface area (TPSA) is 75.9 Å². The Kier molecular flexibility index (Phi) is 2.77. The zero-order chi connectivity index (χ0) is 12.5. The minimum atomic E-state index is -0.372. The molecule has 0 unspecified atom stereocenters. The van der Waals surface area contributed by atoms with Gasteiger partial charge in [-0.25, -0.2) is 4.98 Å². The number of aromatic nitrogens is 5. The highest BCUT2D eigenvalue weighted by atomic mass is 35.5. The van der Waals surface area contributed by atoms with Crippen LogP contribution in [0.15, 0.2) is 45.7 Å². The van der Waals surface area contributed by atoms with Gasteiger partial charge in [-0.3, -0.25) is 9.20 Å². The second kappa shape index (κ2) is 4.43. The molecule has 18 heavy (non-hydrogen) atoms. The first-order valence-corrected chi connectivity index (χ1v) is 6.16. The SMILES string of the molecule is O=c1[nH]cnc(Sc2nnc3ccccn23)c1Cl. The second-order valence-electron chi connectivity index (χ2n) is 3.36. The average molecular weight is 280 g/mol. The molecule has 3 aromatic rings. The highest BCUT2D eigenvalue weighted by Crippen LogP contribution is 2.27. The van der Waals surface area contributed by atoms with Gasteiger partial charge in [0.25, 0.3) is 5.56 Å². The molecule has 8 heteroatoms. The predicted molar refractivity (Wildman–Crippen MR) is 67.0 cm³/mol. The molecule has 0 amide bonds. The van der Waals surface area contributed by atoms with E-state index >= 15 is 0 Å². The van der Waals surface area contributed by atoms with Gasteiger partial charge in [0.1, 0.15) is 10.0 Å². The van der Waals surface area contributed by atoms with Crippen molar-refractivity contribution in [3.05, 3.63) is 46.1 Å². The number of hydrogen-bond acceptors (Lipinski definition) is 5. The monoisotopic (exact) mass is 279 g/mol. The Bertz CT molecular complexity index is 768. The van der Waals surface area contributed by atoms with E-state index in [4.69, 9.17) is 11.6 Å². The Labute approximate surface area is 110 Å². The van der Waals surface area contributed by atoms with Gasteiger partial charge >= 0.3 is 0 Å². The lowest BCUT2D eigenvalue weighted by atomic mass is 10.5. The fraction of sp³-hybridized carbons (Fsp3) is 0. The molecule has 1 N–H and O–H groups in total. The van der Waals surface area contributed by atoms with Crippen molar-refractivity contribution < 1.29 is 0 Å². The van der Waals surface area contributed by atoms with E-state index in [1.807, 2.05) is 24.4 Å². The number of H-pyrrole nitrogens is 1. The van der Waals surface area contributed by atoms with Crippen molar-refractivity contribution in [2.24, 2.45) is 0 Å². The third-order valence-corrected chi connectivity index (χ3v) is 3.66. The summed E-state index contributed by atoms with van der Waals surface area (Å²) < 4.78 is 1.80. The smallest absolute Gasteiger partial charge is 0.270 e. The highest BCUT2D eigenvalue weighted by Gasteiger charge is 2.12. The first-order valence-electron chi connectivity index (χ1n) is 4.96. The second-order valence-corrected chi connectivity index (χ2v) is 4.70. The Morgan fingerprint density at radius 1 is 1.33 bits per heavy atom. The van der Waals surface area contributed by atoms with E-state index in [-0.39, 0.29) is 10.6 Å². The molecule has 0 aromatic carbocycles. The van der Waals surface area contributed by atoms with Gasteiger partial charge in [-0.05, 0) is 23.9 Å². The van der Waals surface area contributed by atoms with Crippen LogP contribution in [-0.2, 0) is 0 Å². The number of nitrogens with one attached hydrogen (secondary N) is 1. The van der Waals surface area contributed by atoms with Crippen LogP contribution in [0.3, 0.4) is 0 Å². The van der Waals surface area contributed by atoms with E-state index in [1.54, 1.807) is 4.40 Å². The van der Waals surface area contributed by atoms with Crippen LogP contribution in [0.25, 0.3) is 5.65 Å². The quantitative estimate of drug-likeness (QED) is 0.721. The molecule has 0 aliphatic carbocycles. The number of hydrogen-bond donors (Lipinski definition) is 1. The number of pyridine rings is 1. The summed E-state index contributed by atoms with van der Waals surface area (Å²) in [5, 5.41) is 9.08. The molecule has 3 rings (SSSR count). The van der Waals surface area contributed by atoms with Crippen LogP contribution in [0, 0.1) is 0 Å². The average Bonchev–Trinajstić information content (AvgIpc) is 2.79. The van der Waals surface area contributed by atoms with Crippen LogP contribution in [0.5, 0.6) is 0 Å². The van der Waals surface area contributed by atoms with Crippen LogP contribution in [0.2, 0.25) is 5.02 Å². The van der Waals surface area contributed by atoms with Gasteiger partial charge in [-0.1, -0.05) is 17.7 Å². The van der Waals surface area contributed by atoms with Crippen LogP contribution < -0.4 is 5.56 Å². The lowest BCUT2D eigenvalue weighted by molar-refractivity contribution is 0.913. The first-order chi connectivity index (χ1) is 8.75. The maximum atomic E-state index is 11.3. The van der Waals surface area contributed by atoms with Gasteiger partial charge in [-0.15, -0.1) is 10.2 Å². The number of rotatable bonds is 2. The fourth-order valence-corrected chi connectivity index (χ4v) is 2.43. The molecule has 0 saturated carbocycles. The zero-order valence-corrected chi connectivity index (χ0v) is 10.4. The van der Waals surface area contributed by atoms with E-state index in [0.29, 0.717) is 10.2 Å². The van der Waals surface area contributed by atoms with Crippen molar-refractivity contribution in [3.8, 4) is 0 Å². The standard InChI is InChI=1S/C10H6ClN5OS/c11-7-8(17)12-5-13-9(7)18-10-15-14-6-3-1-2-4-16(6)10/h1-5H,(H,12,13,17). The van der Waals surface area contributed by atoms with E-state index in [9.17, 15) is 4.79 Å². The molecular formula is C10H6ClN5OS. The van der Waals surface area contributed by atoms with Crippen molar-refractivity contribution in [3.63, 3.8) is 0 Å². The van der Waals surface area contributed by atoms with Crippen molar-refractivity contribution in [2.45, 2.75) is 10.2 Å². The van der Waals surface area contributed by atoms with E-state index in [1.165, 1.54) is 18.1 Å². The van der Waals surface area contributed by atoms with Gasteiger partial charge in [0.2, 0.25) is 5.16 Å². The van der Waals surface area contributed by atoms with E-state index < -0.39 is 0 Å². The van der Waals surface area contributed by atoms with Crippen LogP contribution in [-0.4, -0.2) is 24.6 Å². The Morgan fingerprint density at radius 3 is 3.11 bits per heavy atom. The summed E-state index contributed by atoms with van der Waals surface area (Å²) in [7, 11) is 0. The van der Waals surface area contributed by atoms with Crippen molar-refractivity contribution >= 4 is 29.0 Å². The van der Waals surface area contributed by atoms with Gasteiger partial charge < -0.3 is 4.98 Å². The van der Waals surface area contributed by atoms with Gasteiger partial charge in [-0.2, -0.15) is 0 Å². The number of fused-ring (bicyclic) bond motifs is 1. The molecule has 3 aromatic heterocycles. The minimum absolute atomic E-state index is 0.0511. The fourth-order valence-electron chi connectivity index (χ4n) is 1.41. The van der Waals surface area contributed by atoms with Gasteiger partial charge in [0, 0.05) is 6.20 Å². The van der Waals surface area contributed by atoms with E-state index in [0.717, 1.165) is 5.65 Å². The maximum Gasteiger partial charge on any atom is 0.270 e.